The van der Waals surface area contributed by atoms with Crippen molar-refractivity contribution in [3.8, 4) is 5.75 Å². The van der Waals surface area contributed by atoms with Crippen LogP contribution >= 0.6 is 0 Å². The Morgan fingerprint density at radius 1 is 1.12 bits per heavy atom. The van der Waals surface area contributed by atoms with E-state index in [1.54, 1.807) is 31.4 Å². The third-order valence-electron chi connectivity index (χ3n) is 4.97. The lowest BCUT2D eigenvalue weighted by molar-refractivity contribution is -0.114. The Balaban J connectivity index is 1.44. The molecule has 0 aromatic heterocycles. The first-order chi connectivity index (χ1) is 15.6. The van der Waals surface area contributed by atoms with E-state index >= 15 is 0 Å². The lowest BCUT2D eigenvalue weighted by Crippen LogP contribution is -2.25. The van der Waals surface area contributed by atoms with Gasteiger partial charge in [-0.25, -0.2) is 0 Å². The van der Waals surface area contributed by atoms with Crippen LogP contribution < -0.4 is 20.7 Å². The van der Waals surface area contributed by atoms with Crippen LogP contribution in [0.25, 0.3) is 0 Å². The van der Waals surface area contributed by atoms with Crippen LogP contribution in [0.15, 0.2) is 48.5 Å². The molecule has 2 aromatic carbocycles. The third kappa shape index (κ3) is 7.86. The highest BCUT2D eigenvalue weighted by molar-refractivity contribution is 5.96. The highest BCUT2D eigenvalue weighted by atomic mass is 16.5. The first-order valence-electron chi connectivity index (χ1n) is 10.9. The fourth-order valence-corrected chi connectivity index (χ4v) is 3.31. The molecule has 2 aromatic rings. The number of methoxy groups -OCH3 is 1. The summed E-state index contributed by atoms with van der Waals surface area (Å²) >= 11 is 0. The van der Waals surface area contributed by atoms with E-state index in [-0.39, 0.29) is 24.5 Å². The van der Waals surface area contributed by atoms with Crippen molar-refractivity contribution < 1.29 is 23.8 Å². The van der Waals surface area contributed by atoms with Crippen molar-refractivity contribution in [1.29, 1.82) is 0 Å². The third-order valence-corrected chi connectivity index (χ3v) is 4.97. The number of carbonyl (C=O) groups is 2. The smallest absolute Gasteiger partial charge is 0.251 e. The lowest BCUT2D eigenvalue weighted by Gasteiger charge is -2.13. The molecule has 32 heavy (non-hydrogen) atoms. The zero-order chi connectivity index (χ0) is 22.6. The SMILES string of the molecule is COCCCNC(=O)c1cccc(NCC(=O)Nc2cccc(OCC3CCCO3)c2)c1. The number of anilines is 2. The fraction of sp³-hybridized carbons (Fsp3) is 0.417. The number of benzene rings is 2. The van der Waals surface area contributed by atoms with Gasteiger partial charge in [-0.15, -0.1) is 0 Å². The molecule has 0 spiro atoms. The number of carbonyl (C=O) groups excluding carboxylic acids is 2. The topological polar surface area (TPSA) is 97.9 Å². The van der Waals surface area contributed by atoms with E-state index in [4.69, 9.17) is 14.2 Å². The highest BCUT2D eigenvalue weighted by Gasteiger charge is 2.16. The Morgan fingerprint density at radius 3 is 2.78 bits per heavy atom. The molecular formula is C24H31N3O5. The summed E-state index contributed by atoms with van der Waals surface area (Å²) < 4.78 is 16.3. The van der Waals surface area contributed by atoms with Crippen LogP contribution in [-0.4, -0.2) is 57.9 Å². The van der Waals surface area contributed by atoms with Gasteiger partial charge in [0.25, 0.3) is 5.91 Å². The molecule has 1 unspecified atom stereocenters. The average molecular weight is 442 g/mol. The van der Waals surface area contributed by atoms with E-state index < -0.39 is 0 Å². The van der Waals surface area contributed by atoms with Gasteiger partial charge < -0.3 is 30.2 Å². The Kier molecular flexibility index (Phi) is 9.34. The molecule has 3 N–H and O–H groups in total. The summed E-state index contributed by atoms with van der Waals surface area (Å²) in [5.74, 6) is 0.334. The molecule has 1 fully saturated rings. The first-order valence-corrected chi connectivity index (χ1v) is 10.9. The fourth-order valence-electron chi connectivity index (χ4n) is 3.31. The van der Waals surface area contributed by atoms with Crippen LogP contribution in [0, 0.1) is 0 Å². The van der Waals surface area contributed by atoms with Gasteiger partial charge in [0.2, 0.25) is 5.91 Å². The number of ether oxygens (including phenoxy) is 3. The summed E-state index contributed by atoms with van der Waals surface area (Å²) in [6.45, 7) is 2.51. The normalized spacial score (nSPS) is 15.2. The van der Waals surface area contributed by atoms with Gasteiger partial charge in [-0.2, -0.15) is 0 Å². The summed E-state index contributed by atoms with van der Waals surface area (Å²) in [5.41, 5.74) is 1.88. The maximum atomic E-state index is 12.4. The molecule has 8 nitrogen and oxygen atoms in total. The largest absolute Gasteiger partial charge is 0.491 e. The molecule has 0 radical (unpaired) electrons. The van der Waals surface area contributed by atoms with Crippen molar-refractivity contribution >= 4 is 23.2 Å². The zero-order valence-corrected chi connectivity index (χ0v) is 18.4. The van der Waals surface area contributed by atoms with Gasteiger partial charge in [0, 0.05) is 49.9 Å². The Morgan fingerprint density at radius 2 is 1.97 bits per heavy atom. The zero-order valence-electron chi connectivity index (χ0n) is 18.4. The van der Waals surface area contributed by atoms with E-state index in [1.807, 2.05) is 24.3 Å². The van der Waals surface area contributed by atoms with E-state index in [2.05, 4.69) is 16.0 Å². The predicted octanol–water partition coefficient (Wildman–Crippen LogP) is 3.06. The van der Waals surface area contributed by atoms with Crippen LogP contribution in [0.5, 0.6) is 5.75 Å². The molecule has 172 valence electrons. The molecule has 8 heteroatoms. The number of hydrogen-bond donors (Lipinski definition) is 3. The second kappa shape index (κ2) is 12.7. The van der Waals surface area contributed by atoms with Gasteiger partial charge in [-0.1, -0.05) is 12.1 Å². The summed E-state index contributed by atoms with van der Waals surface area (Å²) in [7, 11) is 1.63. The molecule has 0 aliphatic carbocycles. The number of nitrogens with one attached hydrogen (secondary N) is 3. The summed E-state index contributed by atoms with van der Waals surface area (Å²) in [5, 5.41) is 8.75. The molecule has 1 heterocycles. The molecule has 1 aliphatic heterocycles. The summed E-state index contributed by atoms with van der Waals surface area (Å²) in [4.78, 5) is 24.6. The lowest BCUT2D eigenvalue weighted by atomic mass is 10.2. The molecule has 2 amide bonds. The molecule has 1 aliphatic rings. The van der Waals surface area contributed by atoms with Crippen LogP contribution in [0.3, 0.4) is 0 Å². The van der Waals surface area contributed by atoms with Gasteiger partial charge in [0.1, 0.15) is 12.4 Å². The molecular weight excluding hydrogens is 410 g/mol. The van der Waals surface area contributed by atoms with Crippen LogP contribution in [0.4, 0.5) is 11.4 Å². The van der Waals surface area contributed by atoms with Crippen molar-refractivity contribution in [3.63, 3.8) is 0 Å². The monoisotopic (exact) mass is 441 g/mol. The van der Waals surface area contributed by atoms with Crippen LogP contribution in [-0.2, 0) is 14.3 Å². The second-order valence-electron chi connectivity index (χ2n) is 7.56. The van der Waals surface area contributed by atoms with Gasteiger partial charge in [-0.3, -0.25) is 9.59 Å². The van der Waals surface area contributed by atoms with E-state index in [0.717, 1.165) is 25.9 Å². The van der Waals surface area contributed by atoms with Crippen molar-refractivity contribution in [3.05, 3.63) is 54.1 Å². The second-order valence-corrected chi connectivity index (χ2v) is 7.56. The summed E-state index contributed by atoms with van der Waals surface area (Å²) in [6.07, 6.45) is 2.97. The van der Waals surface area contributed by atoms with Crippen molar-refractivity contribution in [2.24, 2.45) is 0 Å². The maximum absolute atomic E-state index is 12.4. The quantitative estimate of drug-likeness (QED) is 0.438. The van der Waals surface area contributed by atoms with Gasteiger partial charge in [-0.05, 0) is 49.6 Å². The standard InChI is InChI=1S/C24H31N3O5/c1-30-12-5-11-25-24(29)18-6-2-7-19(14-18)26-16-23(28)27-20-8-3-9-21(15-20)32-17-22-10-4-13-31-22/h2-3,6-9,14-15,22,26H,4-5,10-13,16-17H2,1H3,(H,25,29)(H,27,28). The molecule has 3 rings (SSSR count). The molecule has 1 atom stereocenters. The molecule has 0 bridgehead atoms. The molecule has 1 saturated heterocycles. The number of rotatable bonds is 12. The number of hydrogen-bond acceptors (Lipinski definition) is 6. The van der Waals surface area contributed by atoms with E-state index in [0.29, 0.717) is 42.4 Å². The minimum absolute atomic E-state index is 0.0694. The Bertz CT molecular complexity index is 883. The first kappa shape index (κ1) is 23.6. The minimum Gasteiger partial charge on any atom is -0.491 e. The van der Waals surface area contributed by atoms with Gasteiger partial charge in [0.05, 0.1) is 12.6 Å². The van der Waals surface area contributed by atoms with E-state index in [9.17, 15) is 9.59 Å². The van der Waals surface area contributed by atoms with Crippen LogP contribution in [0.1, 0.15) is 29.6 Å². The minimum atomic E-state index is -0.198. The predicted molar refractivity (Wildman–Crippen MR) is 123 cm³/mol. The van der Waals surface area contributed by atoms with Crippen LogP contribution in [0.2, 0.25) is 0 Å². The van der Waals surface area contributed by atoms with Crippen molar-refractivity contribution in [1.82, 2.24) is 5.32 Å². The van der Waals surface area contributed by atoms with Crippen molar-refractivity contribution in [2.45, 2.75) is 25.4 Å². The number of amides is 2. The van der Waals surface area contributed by atoms with E-state index in [1.165, 1.54) is 0 Å². The van der Waals surface area contributed by atoms with Gasteiger partial charge in [0.15, 0.2) is 0 Å². The Labute approximate surface area is 188 Å². The maximum Gasteiger partial charge on any atom is 0.251 e. The molecule has 0 saturated carbocycles. The Hall–Kier alpha value is -3.10. The highest BCUT2D eigenvalue weighted by Crippen LogP contribution is 2.20. The van der Waals surface area contributed by atoms with Crippen molar-refractivity contribution in [2.75, 3.05) is 50.7 Å². The van der Waals surface area contributed by atoms with Gasteiger partial charge >= 0.3 is 0 Å². The summed E-state index contributed by atoms with van der Waals surface area (Å²) in [6, 6.07) is 14.3. The average Bonchev–Trinajstić information content (AvgIpc) is 3.33.